The number of hydrogen-bond acceptors (Lipinski definition) is 5. The average molecular weight is 323 g/mol. The minimum atomic E-state index is -1.14. The van der Waals surface area contributed by atoms with Crippen LogP contribution in [0.2, 0.25) is 5.02 Å². The smallest absolute Gasteiger partial charge is 0.356 e. The summed E-state index contributed by atoms with van der Waals surface area (Å²) in [5.74, 6) is -0.520. The lowest BCUT2D eigenvalue weighted by Crippen LogP contribution is -2.17. The highest BCUT2D eigenvalue weighted by Crippen LogP contribution is 2.46. The first-order valence-electron chi connectivity index (χ1n) is 6.38. The monoisotopic (exact) mass is 322 g/mol. The lowest BCUT2D eigenvalue weighted by molar-refractivity contribution is 0.0689. The van der Waals surface area contributed by atoms with Gasteiger partial charge in [0.05, 0.1) is 21.8 Å². The lowest BCUT2D eigenvalue weighted by Gasteiger charge is -2.23. The molecule has 0 saturated heterocycles. The molecule has 8 heteroatoms. The molecule has 22 heavy (non-hydrogen) atoms. The number of aromatic carboxylic acids is 1. The van der Waals surface area contributed by atoms with Gasteiger partial charge in [-0.15, -0.1) is 0 Å². The van der Waals surface area contributed by atoms with Crippen molar-refractivity contribution >= 4 is 23.9 Å². The van der Waals surface area contributed by atoms with Crippen molar-refractivity contribution < 1.29 is 24.2 Å². The second-order valence-corrected chi connectivity index (χ2v) is 5.05. The van der Waals surface area contributed by atoms with E-state index in [-0.39, 0.29) is 16.3 Å². The molecule has 0 unspecified atom stereocenters. The van der Waals surface area contributed by atoms with E-state index in [1.807, 2.05) is 0 Å². The van der Waals surface area contributed by atoms with Crippen LogP contribution in [-0.2, 0) is 7.05 Å². The first-order valence-corrected chi connectivity index (χ1v) is 6.75. The van der Waals surface area contributed by atoms with Crippen molar-refractivity contribution in [3.63, 3.8) is 0 Å². The predicted molar refractivity (Wildman–Crippen MR) is 77.0 cm³/mol. The predicted octanol–water partition coefficient (Wildman–Crippen LogP) is 2.02. The number of carboxylic acids is 1. The number of fused-ring (bicyclic) bond motifs is 1. The van der Waals surface area contributed by atoms with Crippen LogP contribution in [0.1, 0.15) is 20.8 Å². The van der Waals surface area contributed by atoms with Gasteiger partial charge < -0.3 is 14.6 Å². The van der Waals surface area contributed by atoms with Gasteiger partial charge in [-0.3, -0.25) is 9.48 Å². The fraction of sp³-hybridized carbons (Fsp3) is 0.214. The fourth-order valence-electron chi connectivity index (χ4n) is 2.33. The topological polar surface area (TPSA) is 90.7 Å². The summed E-state index contributed by atoms with van der Waals surface area (Å²) in [6.07, 6.45) is 0.634. The van der Waals surface area contributed by atoms with E-state index in [2.05, 4.69) is 5.10 Å². The van der Waals surface area contributed by atoms with Gasteiger partial charge in [0.15, 0.2) is 23.5 Å². The summed E-state index contributed by atoms with van der Waals surface area (Å²) in [4.78, 5) is 22.2. The van der Waals surface area contributed by atoms with Crippen molar-refractivity contribution in [2.24, 2.45) is 7.05 Å². The Morgan fingerprint density at radius 3 is 2.64 bits per heavy atom. The van der Waals surface area contributed by atoms with Crippen molar-refractivity contribution in [1.29, 1.82) is 0 Å². The van der Waals surface area contributed by atoms with Crippen LogP contribution in [0.25, 0.3) is 11.3 Å². The molecule has 1 N–H and O–H groups in total. The third-order valence-electron chi connectivity index (χ3n) is 3.27. The van der Waals surface area contributed by atoms with Gasteiger partial charge in [-0.1, -0.05) is 11.6 Å². The number of halogens is 1. The van der Waals surface area contributed by atoms with E-state index in [1.54, 1.807) is 7.05 Å². The third-order valence-corrected chi connectivity index (χ3v) is 3.57. The molecule has 0 saturated carbocycles. The molecule has 0 radical (unpaired) electrons. The SMILES string of the molecule is Cn1nc(C(=O)O)cc1-c1c(Cl)cc(C=O)c2c1OCCO2. The molecule has 7 nitrogen and oxygen atoms in total. The first kappa shape index (κ1) is 14.4. The van der Waals surface area contributed by atoms with E-state index < -0.39 is 5.97 Å². The van der Waals surface area contributed by atoms with Gasteiger partial charge in [-0.25, -0.2) is 4.79 Å². The molecule has 0 aliphatic carbocycles. The Labute approximate surface area is 130 Å². The number of carbonyl (C=O) groups excluding carboxylic acids is 1. The van der Waals surface area contributed by atoms with Crippen LogP contribution < -0.4 is 9.47 Å². The van der Waals surface area contributed by atoms with Crippen LogP contribution in [-0.4, -0.2) is 40.4 Å². The van der Waals surface area contributed by atoms with Crippen LogP contribution in [0.5, 0.6) is 11.5 Å². The van der Waals surface area contributed by atoms with Gasteiger partial charge in [-0.05, 0) is 12.1 Å². The van der Waals surface area contributed by atoms with E-state index in [0.717, 1.165) is 0 Å². The van der Waals surface area contributed by atoms with Crippen LogP contribution in [0.15, 0.2) is 12.1 Å². The summed E-state index contributed by atoms with van der Waals surface area (Å²) < 4.78 is 12.5. The standard InChI is InChI=1S/C14H11ClN2O5/c1-17-10(5-9(16-17)14(19)20)11-8(15)4-7(6-18)12-13(11)22-3-2-21-12/h4-6H,2-3H2,1H3,(H,19,20). The molecule has 3 rings (SSSR count). The molecule has 0 fully saturated rings. The maximum Gasteiger partial charge on any atom is 0.356 e. The number of aromatic nitrogens is 2. The number of rotatable bonds is 3. The van der Waals surface area contributed by atoms with Gasteiger partial charge in [-0.2, -0.15) is 5.10 Å². The van der Waals surface area contributed by atoms with Crippen LogP contribution in [0.4, 0.5) is 0 Å². The fourth-order valence-corrected chi connectivity index (χ4v) is 2.63. The minimum absolute atomic E-state index is 0.112. The normalized spacial score (nSPS) is 13.0. The number of aryl methyl sites for hydroxylation is 1. The molecule has 0 bridgehead atoms. The Balaban J connectivity index is 2.27. The van der Waals surface area contributed by atoms with E-state index in [4.69, 9.17) is 26.2 Å². The van der Waals surface area contributed by atoms with Gasteiger partial charge >= 0.3 is 5.97 Å². The van der Waals surface area contributed by atoms with Crippen molar-refractivity contribution in [3.8, 4) is 22.8 Å². The van der Waals surface area contributed by atoms with E-state index >= 15 is 0 Å². The zero-order valence-corrected chi connectivity index (χ0v) is 12.3. The molecule has 114 valence electrons. The van der Waals surface area contributed by atoms with Crippen molar-refractivity contribution in [1.82, 2.24) is 9.78 Å². The summed E-state index contributed by atoms with van der Waals surface area (Å²) in [5.41, 5.74) is 1.08. The Morgan fingerprint density at radius 1 is 1.36 bits per heavy atom. The van der Waals surface area contributed by atoms with Gasteiger partial charge in [0.25, 0.3) is 0 Å². The molecule has 0 amide bonds. The molecule has 1 aromatic carbocycles. The second kappa shape index (κ2) is 5.34. The Morgan fingerprint density at radius 2 is 2.05 bits per heavy atom. The van der Waals surface area contributed by atoms with Crippen molar-refractivity contribution in [2.75, 3.05) is 13.2 Å². The van der Waals surface area contributed by atoms with Gasteiger partial charge in [0.2, 0.25) is 0 Å². The quantitative estimate of drug-likeness (QED) is 0.869. The minimum Gasteiger partial charge on any atom is -0.485 e. The maximum atomic E-state index is 11.1. The average Bonchev–Trinajstić information content (AvgIpc) is 2.88. The summed E-state index contributed by atoms with van der Waals surface area (Å²) >= 11 is 6.26. The summed E-state index contributed by atoms with van der Waals surface area (Å²) in [5, 5.41) is 13.2. The van der Waals surface area contributed by atoms with Crippen LogP contribution in [0, 0.1) is 0 Å². The largest absolute Gasteiger partial charge is 0.485 e. The Bertz CT molecular complexity index is 784. The molecular formula is C14H11ClN2O5. The molecule has 0 atom stereocenters. The second-order valence-electron chi connectivity index (χ2n) is 4.64. The lowest BCUT2D eigenvalue weighted by atomic mass is 10.0. The van der Waals surface area contributed by atoms with E-state index in [9.17, 15) is 9.59 Å². The number of carbonyl (C=O) groups is 2. The number of hydrogen-bond donors (Lipinski definition) is 1. The molecule has 1 aliphatic heterocycles. The Kier molecular flexibility index (Phi) is 3.50. The molecular weight excluding hydrogens is 312 g/mol. The summed E-state index contributed by atoms with van der Waals surface area (Å²) in [6, 6.07) is 2.85. The van der Waals surface area contributed by atoms with Crippen molar-refractivity contribution in [2.45, 2.75) is 0 Å². The first-order chi connectivity index (χ1) is 10.5. The number of carboxylic acid groups (broad SMARTS) is 1. The zero-order chi connectivity index (χ0) is 15.9. The van der Waals surface area contributed by atoms with Gasteiger partial charge in [0, 0.05) is 7.05 Å². The van der Waals surface area contributed by atoms with E-state index in [0.29, 0.717) is 42.3 Å². The van der Waals surface area contributed by atoms with Crippen molar-refractivity contribution in [3.05, 3.63) is 28.4 Å². The number of nitrogens with zero attached hydrogens (tertiary/aromatic N) is 2. The molecule has 0 spiro atoms. The highest BCUT2D eigenvalue weighted by molar-refractivity contribution is 6.34. The zero-order valence-electron chi connectivity index (χ0n) is 11.5. The molecule has 1 aliphatic rings. The van der Waals surface area contributed by atoms with Gasteiger partial charge in [0.1, 0.15) is 13.2 Å². The molecule has 1 aromatic heterocycles. The number of aldehydes is 1. The number of benzene rings is 1. The van der Waals surface area contributed by atoms with Crippen LogP contribution in [0.3, 0.4) is 0 Å². The highest BCUT2D eigenvalue weighted by Gasteiger charge is 2.26. The molecule has 2 aromatic rings. The molecule has 2 heterocycles. The summed E-state index contributed by atoms with van der Waals surface area (Å²) in [7, 11) is 1.60. The third kappa shape index (κ3) is 2.19. The maximum absolute atomic E-state index is 11.1. The highest BCUT2D eigenvalue weighted by atomic mass is 35.5. The number of ether oxygens (including phenoxy) is 2. The van der Waals surface area contributed by atoms with E-state index in [1.165, 1.54) is 16.8 Å². The Hall–Kier alpha value is -2.54. The summed E-state index contributed by atoms with van der Waals surface area (Å²) in [6.45, 7) is 0.628. The van der Waals surface area contributed by atoms with Crippen LogP contribution >= 0.6 is 11.6 Å².